The Kier molecular flexibility index (Phi) is 6.32. The summed E-state index contributed by atoms with van der Waals surface area (Å²) in [4.78, 5) is 12.6. The van der Waals surface area contributed by atoms with Gasteiger partial charge in [-0.15, -0.1) is 0 Å². The zero-order chi connectivity index (χ0) is 21.0. The quantitative estimate of drug-likeness (QED) is 0.466. The van der Waals surface area contributed by atoms with Crippen molar-refractivity contribution in [3.05, 3.63) is 54.1 Å². The van der Waals surface area contributed by atoms with E-state index in [1.165, 1.54) is 17.9 Å². The van der Waals surface area contributed by atoms with Crippen LogP contribution in [0.1, 0.15) is 13.3 Å². The lowest BCUT2D eigenvalue weighted by atomic mass is 10.2. The van der Waals surface area contributed by atoms with Crippen LogP contribution in [-0.2, 0) is 4.79 Å². The fraction of sp³-hybridized carbons (Fsp3) is 0.211. The molecule has 1 N–H and O–H groups in total. The fourth-order valence-electron chi connectivity index (χ4n) is 2.48. The first-order chi connectivity index (χ1) is 13.9. The number of hydrogen-bond donors (Lipinski definition) is 1. The predicted molar refractivity (Wildman–Crippen MR) is 99.0 cm³/mol. The van der Waals surface area contributed by atoms with Crippen molar-refractivity contribution in [3.8, 4) is 17.4 Å². The second-order valence-electron chi connectivity index (χ2n) is 5.91. The van der Waals surface area contributed by atoms with Crippen LogP contribution in [0.5, 0.6) is 11.7 Å². The molecule has 2 aromatic carbocycles. The maximum absolute atomic E-state index is 13.4. The average molecular weight is 421 g/mol. The fourth-order valence-corrected chi connectivity index (χ4v) is 3.45. The zero-order valence-corrected chi connectivity index (χ0v) is 16.3. The highest BCUT2D eigenvalue weighted by Crippen LogP contribution is 2.30. The lowest BCUT2D eigenvalue weighted by molar-refractivity contribution is -0.705. The molecule has 10 heteroatoms. The summed E-state index contributed by atoms with van der Waals surface area (Å²) in [6, 6.07) is 9.84. The molecule has 1 heterocycles. The molecule has 152 valence electrons. The molecule has 0 bridgehead atoms. The minimum Gasteiger partial charge on any atom is -0.538 e. The second kappa shape index (κ2) is 8.91. The van der Waals surface area contributed by atoms with Crippen LogP contribution in [0.2, 0.25) is 0 Å². The first-order valence-corrected chi connectivity index (χ1v) is 9.47. The molecule has 0 spiro atoms. The first kappa shape index (κ1) is 20.6. The summed E-state index contributed by atoms with van der Waals surface area (Å²) in [6.07, 6.45) is 0.368. The monoisotopic (exact) mass is 421 g/mol. The third-order valence-corrected chi connectivity index (χ3v) is 5.39. The van der Waals surface area contributed by atoms with Gasteiger partial charge in [-0.3, -0.25) is 4.79 Å². The lowest BCUT2D eigenvalue weighted by Crippen LogP contribution is -2.36. The second-order valence-corrected chi connectivity index (χ2v) is 7.10. The van der Waals surface area contributed by atoms with Crippen LogP contribution in [0, 0.1) is 11.6 Å². The van der Waals surface area contributed by atoms with E-state index in [0.29, 0.717) is 17.9 Å². The Morgan fingerprint density at radius 3 is 2.62 bits per heavy atom. The number of thioether (sulfide) groups is 1. The van der Waals surface area contributed by atoms with Crippen molar-refractivity contribution in [2.24, 2.45) is 0 Å². The maximum Gasteiger partial charge on any atom is 0.298 e. The van der Waals surface area contributed by atoms with Crippen LogP contribution in [0.4, 0.5) is 14.5 Å². The number of hydrogen-bond acceptors (Lipinski definition) is 6. The molecule has 0 saturated carbocycles. The number of carbonyl (C=O) groups is 1. The van der Waals surface area contributed by atoms with Gasteiger partial charge in [-0.1, -0.05) is 6.92 Å². The number of ether oxygens (including phenoxy) is 1. The Bertz CT molecular complexity index is 1010. The Morgan fingerprint density at radius 2 is 2.00 bits per heavy atom. The van der Waals surface area contributed by atoms with Gasteiger partial charge in [0.1, 0.15) is 5.75 Å². The molecule has 0 fully saturated rings. The molecule has 0 radical (unpaired) electrons. The number of methoxy groups -OCH3 is 1. The summed E-state index contributed by atoms with van der Waals surface area (Å²) < 4.78 is 37.6. The topological polar surface area (TPSA) is 91.3 Å². The van der Waals surface area contributed by atoms with Crippen molar-refractivity contribution in [2.45, 2.75) is 23.6 Å². The zero-order valence-electron chi connectivity index (χ0n) is 15.5. The molecular formula is C19H17F2N3O4S. The molecule has 1 aromatic heterocycles. The van der Waals surface area contributed by atoms with Crippen LogP contribution in [0.25, 0.3) is 5.69 Å². The SMILES string of the molecule is CCC(Sc1c([O-])on[n+]1-c1ccc(OC)cc1)C(=O)Nc1ccc(F)c(F)c1. The number of nitrogens with zero attached hydrogens (tertiary/aromatic N) is 2. The highest BCUT2D eigenvalue weighted by molar-refractivity contribution is 8.00. The van der Waals surface area contributed by atoms with E-state index in [-0.39, 0.29) is 10.7 Å². The van der Waals surface area contributed by atoms with E-state index in [9.17, 15) is 18.7 Å². The van der Waals surface area contributed by atoms with Gasteiger partial charge in [0.05, 0.1) is 17.6 Å². The van der Waals surface area contributed by atoms with Crippen LogP contribution in [0.3, 0.4) is 0 Å². The van der Waals surface area contributed by atoms with Crippen molar-refractivity contribution in [2.75, 3.05) is 12.4 Å². The predicted octanol–water partition coefficient (Wildman–Crippen LogP) is 2.82. The van der Waals surface area contributed by atoms with E-state index in [4.69, 9.17) is 9.26 Å². The van der Waals surface area contributed by atoms with Crippen molar-refractivity contribution >= 4 is 23.4 Å². The normalized spacial score (nSPS) is 11.9. The molecule has 7 nitrogen and oxygen atoms in total. The van der Waals surface area contributed by atoms with Gasteiger partial charge in [-0.2, -0.15) is 0 Å². The summed E-state index contributed by atoms with van der Waals surface area (Å²) in [5, 5.41) is 17.8. The summed E-state index contributed by atoms with van der Waals surface area (Å²) in [5.41, 5.74) is 0.665. The molecule has 1 amide bonds. The van der Waals surface area contributed by atoms with E-state index in [1.807, 2.05) is 0 Å². The summed E-state index contributed by atoms with van der Waals surface area (Å²) in [6.45, 7) is 1.76. The van der Waals surface area contributed by atoms with E-state index in [2.05, 4.69) is 10.6 Å². The van der Waals surface area contributed by atoms with E-state index in [0.717, 1.165) is 23.9 Å². The number of anilines is 1. The van der Waals surface area contributed by atoms with Gasteiger partial charge in [-0.25, -0.2) is 8.78 Å². The molecule has 0 saturated heterocycles. The highest BCUT2D eigenvalue weighted by atomic mass is 32.2. The summed E-state index contributed by atoms with van der Waals surface area (Å²) in [7, 11) is 1.53. The molecule has 0 aliphatic rings. The van der Waals surface area contributed by atoms with Gasteiger partial charge in [0.2, 0.25) is 11.6 Å². The van der Waals surface area contributed by atoms with Crippen LogP contribution < -0.4 is 19.8 Å². The first-order valence-electron chi connectivity index (χ1n) is 8.59. The van der Waals surface area contributed by atoms with Crippen LogP contribution >= 0.6 is 11.8 Å². The van der Waals surface area contributed by atoms with Gasteiger partial charge in [0.15, 0.2) is 17.6 Å². The van der Waals surface area contributed by atoms with Crippen molar-refractivity contribution in [1.29, 1.82) is 0 Å². The van der Waals surface area contributed by atoms with E-state index in [1.54, 1.807) is 31.2 Å². The van der Waals surface area contributed by atoms with Gasteiger partial charge in [0.25, 0.3) is 5.03 Å². The highest BCUT2D eigenvalue weighted by Gasteiger charge is 2.28. The number of rotatable bonds is 7. The van der Waals surface area contributed by atoms with Crippen LogP contribution in [-0.4, -0.2) is 23.5 Å². The Morgan fingerprint density at radius 1 is 1.28 bits per heavy atom. The minimum atomic E-state index is -1.07. The molecule has 3 aromatic rings. The summed E-state index contributed by atoms with van der Waals surface area (Å²) >= 11 is 0.971. The Hall–Kier alpha value is -3.14. The third kappa shape index (κ3) is 4.65. The van der Waals surface area contributed by atoms with Crippen LogP contribution in [0.15, 0.2) is 52.0 Å². The summed E-state index contributed by atoms with van der Waals surface area (Å²) in [5.74, 6) is -2.60. The van der Waals surface area contributed by atoms with Crippen molar-refractivity contribution < 1.29 is 32.6 Å². The van der Waals surface area contributed by atoms with E-state index < -0.39 is 28.7 Å². The average Bonchev–Trinajstić information content (AvgIpc) is 3.09. The number of aromatic nitrogens is 2. The molecule has 3 rings (SSSR count). The number of nitrogens with one attached hydrogen (secondary N) is 1. The molecule has 0 aliphatic carbocycles. The number of benzene rings is 2. The molecule has 29 heavy (non-hydrogen) atoms. The molecule has 0 aliphatic heterocycles. The Labute approximate surface area is 169 Å². The van der Waals surface area contributed by atoms with E-state index >= 15 is 0 Å². The maximum atomic E-state index is 13.4. The molecular weight excluding hydrogens is 404 g/mol. The smallest absolute Gasteiger partial charge is 0.298 e. The minimum absolute atomic E-state index is 0.113. The lowest BCUT2D eigenvalue weighted by Gasteiger charge is -2.13. The standard InChI is InChI=1S/C19H17F2N3O4S/c1-3-16(17(25)22-11-4-9-14(20)15(21)10-11)29-18-19(26)28-23-24(18)12-5-7-13(27-2)8-6-12/h4-10,16H,3H2,1-2H3,(H-,22,23,25,26). The van der Waals surface area contributed by atoms with Gasteiger partial charge < -0.3 is 19.7 Å². The van der Waals surface area contributed by atoms with Crippen molar-refractivity contribution in [3.63, 3.8) is 0 Å². The third-order valence-electron chi connectivity index (χ3n) is 3.99. The molecule has 1 atom stereocenters. The Balaban J connectivity index is 1.80. The van der Waals surface area contributed by atoms with Crippen molar-refractivity contribution in [1.82, 2.24) is 5.27 Å². The molecule has 1 unspecified atom stereocenters. The van der Waals surface area contributed by atoms with Gasteiger partial charge in [0, 0.05) is 23.9 Å². The largest absolute Gasteiger partial charge is 0.538 e. The number of amides is 1. The number of carbonyl (C=O) groups excluding carboxylic acids is 1. The van der Waals surface area contributed by atoms with Gasteiger partial charge in [-0.05, 0) is 47.1 Å². The number of halogens is 2. The van der Waals surface area contributed by atoms with Gasteiger partial charge >= 0.3 is 0 Å².